The average molecular weight is 392 g/mol. The Hall–Kier alpha value is -1.41. The van der Waals surface area contributed by atoms with Crippen molar-refractivity contribution >= 4 is 51.6 Å². The Kier molecular flexibility index (Phi) is 4.20. The van der Waals surface area contributed by atoms with Crippen molar-refractivity contribution in [3.63, 3.8) is 0 Å². The number of carbonyl (C=O) groups is 1. The smallest absolute Gasteiger partial charge is 0.257 e. The van der Waals surface area contributed by atoms with Crippen molar-refractivity contribution in [2.45, 2.75) is 0 Å². The molecule has 4 nitrogen and oxygen atoms in total. The number of nitrogen functional groups attached to an aromatic ring is 1. The van der Waals surface area contributed by atoms with E-state index in [1.807, 2.05) is 22.6 Å². The first-order valence-corrected chi connectivity index (χ1v) is 6.60. The first kappa shape index (κ1) is 14.0. The highest BCUT2D eigenvalue weighted by atomic mass is 127. The summed E-state index contributed by atoms with van der Waals surface area (Å²) in [6.45, 7) is 0. The summed E-state index contributed by atoms with van der Waals surface area (Å²) in [6, 6.07) is 5.51. The number of anilines is 2. The molecule has 0 aliphatic heterocycles. The van der Waals surface area contributed by atoms with Crippen LogP contribution in [0.3, 0.4) is 0 Å². The van der Waals surface area contributed by atoms with E-state index in [2.05, 4.69) is 10.3 Å². The fourth-order valence-corrected chi connectivity index (χ4v) is 2.14. The van der Waals surface area contributed by atoms with Crippen molar-refractivity contribution in [3.05, 3.63) is 50.4 Å². The second-order valence-electron chi connectivity index (χ2n) is 3.67. The Morgan fingerprint density at radius 3 is 2.79 bits per heavy atom. The van der Waals surface area contributed by atoms with Gasteiger partial charge in [0.15, 0.2) is 0 Å². The van der Waals surface area contributed by atoms with E-state index in [1.54, 1.807) is 0 Å². The van der Waals surface area contributed by atoms with Crippen molar-refractivity contribution in [2.75, 3.05) is 11.1 Å². The van der Waals surface area contributed by atoms with E-state index in [0.717, 1.165) is 0 Å². The van der Waals surface area contributed by atoms with Crippen molar-refractivity contribution in [1.29, 1.82) is 0 Å². The van der Waals surface area contributed by atoms with Crippen LogP contribution in [-0.2, 0) is 0 Å². The molecule has 1 heterocycles. The molecule has 2 rings (SSSR count). The third-order valence-corrected chi connectivity index (χ3v) is 3.51. The predicted octanol–water partition coefficient (Wildman–Crippen LogP) is 3.31. The van der Waals surface area contributed by atoms with Crippen LogP contribution < -0.4 is 11.1 Å². The highest BCUT2D eigenvalue weighted by molar-refractivity contribution is 14.1. The van der Waals surface area contributed by atoms with Gasteiger partial charge in [-0.1, -0.05) is 11.6 Å². The van der Waals surface area contributed by atoms with Gasteiger partial charge in [0.1, 0.15) is 11.6 Å². The third-order valence-electron chi connectivity index (χ3n) is 2.31. The summed E-state index contributed by atoms with van der Waals surface area (Å²) in [5, 5.41) is 2.86. The number of halogens is 3. The molecule has 1 amide bonds. The zero-order valence-corrected chi connectivity index (χ0v) is 12.4. The Balaban J connectivity index is 2.23. The number of rotatable bonds is 2. The van der Waals surface area contributed by atoms with Gasteiger partial charge in [0.05, 0.1) is 16.3 Å². The molecule has 1 aromatic carbocycles. The molecule has 7 heteroatoms. The van der Waals surface area contributed by atoms with Crippen molar-refractivity contribution in [1.82, 2.24) is 4.98 Å². The van der Waals surface area contributed by atoms with Crippen LogP contribution in [0.15, 0.2) is 30.5 Å². The van der Waals surface area contributed by atoms with Crippen LogP contribution in [0.25, 0.3) is 0 Å². The van der Waals surface area contributed by atoms with Crippen molar-refractivity contribution in [2.24, 2.45) is 0 Å². The maximum atomic E-state index is 12.9. The molecule has 2 aromatic rings. The van der Waals surface area contributed by atoms with Crippen LogP contribution in [-0.4, -0.2) is 10.9 Å². The van der Waals surface area contributed by atoms with E-state index in [4.69, 9.17) is 17.3 Å². The SMILES string of the molecule is Nc1ncc(C(=O)Nc2ccc(F)cc2I)cc1Cl. The Morgan fingerprint density at radius 1 is 1.42 bits per heavy atom. The number of hydrogen-bond donors (Lipinski definition) is 2. The predicted molar refractivity (Wildman–Crippen MR) is 80.7 cm³/mol. The van der Waals surface area contributed by atoms with E-state index in [0.29, 0.717) is 9.26 Å². The van der Waals surface area contributed by atoms with Gasteiger partial charge in [0, 0.05) is 9.77 Å². The molecule has 0 saturated heterocycles. The molecule has 98 valence electrons. The van der Waals surface area contributed by atoms with Crippen LogP contribution in [0.5, 0.6) is 0 Å². The zero-order valence-electron chi connectivity index (χ0n) is 9.45. The second-order valence-corrected chi connectivity index (χ2v) is 5.24. The van der Waals surface area contributed by atoms with Gasteiger partial charge < -0.3 is 11.1 Å². The van der Waals surface area contributed by atoms with Gasteiger partial charge in [-0.15, -0.1) is 0 Å². The lowest BCUT2D eigenvalue weighted by molar-refractivity contribution is 0.102. The molecule has 3 N–H and O–H groups in total. The maximum Gasteiger partial charge on any atom is 0.257 e. The van der Waals surface area contributed by atoms with E-state index < -0.39 is 0 Å². The number of nitrogens with zero attached hydrogens (tertiary/aromatic N) is 1. The number of nitrogens with one attached hydrogen (secondary N) is 1. The molecule has 0 saturated carbocycles. The van der Waals surface area contributed by atoms with Gasteiger partial charge in [0.2, 0.25) is 0 Å². The summed E-state index contributed by atoms with van der Waals surface area (Å²) in [5.41, 5.74) is 6.26. The Morgan fingerprint density at radius 2 is 2.16 bits per heavy atom. The number of aromatic nitrogens is 1. The summed E-state index contributed by atoms with van der Waals surface area (Å²) < 4.78 is 13.5. The molecule has 0 spiro atoms. The number of hydrogen-bond acceptors (Lipinski definition) is 3. The van der Waals surface area contributed by atoms with Gasteiger partial charge in [0.25, 0.3) is 5.91 Å². The molecule has 0 aliphatic carbocycles. The van der Waals surface area contributed by atoms with E-state index in [1.165, 1.54) is 30.5 Å². The third kappa shape index (κ3) is 3.32. The topological polar surface area (TPSA) is 68.0 Å². The quantitative estimate of drug-likeness (QED) is 0.772. The number of nitrogens with two attached hydrogens (primary N) is 1. The summed E-state index contributed by atoms with van der Waals surface area (Å²) in [5.74, 6) is -0.590. The summed E-state index contributed by atoms with van der Waals surface area (Å²) in [4.78, 5) is 15.8. The summed E-state index contributed by atoms with van der Waals surface area (Å²) in [7, 11) is 0. The summed E-state index contributed by atoms with van der Waals surface area (Å²) in [6.07, 6.45) is 1.33. The Bertz CT molecular complexity index is 651. The maximum absolute atomic E-state index is 12.9. The van der Waals surface area contributed by atoms with Gasteiger partial charge in [-0.25, -0.2) is 9.37 Å². The first-order valence-electron chi connectivity index (χ1n) is 5.15. The van der Waals surface area contributed by atoms with Crippen LogP contribution in [0.4, 0.5) is 15.9 Å². The number of carbonyl (C=O) groups excluding carboxylic acids is 1. The number of amides is 1. The van der Waals surface area contributed by atoms with Crippen LogP contribution in [0, 0.1) is 9.39 Å². The zero-order chi connectivity index (χ0) is 14.0. The minimum Gasteiger partial charge on any atom is -0.382 e. The molecular formula is C12H8ClFIN3O. The molecule has 0 bridgehead atoms. The molecule has 1 aromatic heterocycles. The van der Waals surface area contributed by atoms with E-state index in [-0.39, 0.29) is 28.1 Å². The van der Waals surface area contributed by atoms with E-state index >= 15 is 0 Å². The molecule has 0 aliphatic rings. The van der Waals surface area contributed by atoms with Crippen molar-refractivity contribution < 1.29 is 9.18 Å². The lowest BCUT2D eigenvalue weighted by Crippen LogP contribution is -2.13. The minimum absolute atomic E-state index is 0.162. The largest absolute Gasteiger partial charge is 0.382 e. The van der Waals surface area contributed by atoms with Crippen molar-refractivity contribution in [3.8, 4) is 0 Å². The van der Waals surface area contributed by atoms with Gasteiger partial charge in [-0.2, -0.15) is 0 Å². The first-order chi connectivity index (χ1) is 8.97. The van der Waals surface area contributed by atoms with Gasteiger partial charge >= 0.3 is 0 Å². The number of benzene rings is 1. The van der Waals surface area contributed by atoms with Crippen LogP contribution in [0.2, 0.25) is 5.02 Å². The average Bonchev–Trinajstić information content (AvgIpc) is 2.36. The lowest BCUT2D eigenvalue weighted by Gasteiger charge is -2.08. The minimum atomic E-state index is -0.390. The molecular weight excluding hydrogens is 384 g/mol. The molecule has 0 atom stereocenters. The Labute approximate surface area is 127 Å². The monoisotopic (exact) mass is 391 g/mol. The molecule has 0 radical (unpaired) electrons. The standard InChI is InChI=1S/C12H8ClFIN3O/c13-8-3-6(5-17-11(8)16)12(19)18-10-2-1-7(14)4-9(10)15/h1-5H,(H2,16,17)(H,18,19). The van der Waals surface area contributed by atoms with E-state index in [9.17, 15) is 9.18 Å². The lowest BCUT2D eigenvalue weighted by atomic mass is 10.2. The highest BCUT2D eigenvalue weighted by Crippen LogP contribution is 2.21. The highest BCUT2D eigenvalue weighted by Gasteiger charge is 2.11. The second kappa shape index (κ2) is 5.70. The van der Waals surface area contributed by atoms with Crippen LogP contribution in [0.1, 0.15) is 10.4 Å². The molecule has 0 unspecified atom stereocenters. The van der Waals surface area contributed by atoms with Gasteiger partial charge in [-0.05, 0) is 46.9 Å². The summed E-state index contributed by atoms with van der Waals surface area (Å²) >= 11 is 7.73. The molecule has 19 heavy (non-hydrogen) atoms. The normalized spacial score (nSPS) is 10.3. The molecule has 0 fully saturated rings. The van der Waals surface area contributed by atoms with Gasteiger partial charge in [-0.3, -0.25) is 4.79 Å². The fourth-order valence-electron chi connectivity index (χ4n) is 1.36. The number of pyridine rings is 1. The van der Waals surface area contributed by atoms with Crippen LogP contribution >= 0.6 is 34.2 Å². The fraction of sp³-hybridized carbons (Fsp3) is 0.